The summed E-state index contributed by atoms with van der Waals surface area (Å²) in [5.74, 6) is 0. The van der Waals surface area contributed by atoms with Crippen LogP contribution in [0.15, 0.2) is 30.3 Å². The van der Waals surface area contributed by atoms with Crippen LogP contribution in [0.1, 0.15) is 19.4 Å². The Morgan fingerprint density at radius 1 is 1.14 bits per heavy atom. The van der Waals surface area contributed by atoms with E-state index < -0.39 is 14.9 Å². The quantitative estimate of drug-likeness (QED) is 0.450. The molecule has 0 unspecified atom stereocenters. The summed E-state index contributed by atoms with van der Waals surface area (Å²) in [6.07, 6.45) is 0. The van der Waals surface area contributed by atoms with Gasteiger partial charge in [-0.2, -0.15) is 0 Å². The predicted molar refractivity (Wildman–Crippen MR) is 49.2 cm³/mol. The number of hydrogen-bond acceptors (Lipinski definition) is 3. The molecule has 1 aromatic rings. The third-order valence-electron chi connectivity index (χ3n) is 2.09. The van der Waals surface area contributed by atoms with Crippen LogP contribution in [-0.4, -0.2) is 13.0 Å². The van der Waals surface area contributed by atoms with E-state index in [4.69, 9.17) is 0 Å². The summed E-state index contributed by atoms with van der Waals surface area (Å²) >= 11 is 0. The Hall–Kier alpha value is 0.130. The monoisotopic (exact) mass is 222 g/mol. The molecule has 0 fully saturated rings. The molecule has 0 saturated carbocycles. The molecule has 0 radical (unpaired) electrons. The maximum Gasteiger partial charge on any atom is 1.00 e. The molecule has 0 spiro atoms. The second-order valence-corrected chi connectivity index (χ2v) is 5.26. The first-order chi connectivity index (χ1) is 5.86. The van der Waals surface area contributed by atoms with E-state index in [9.17, 15) is 13.0 Å². The molecular formula is C9H11NaO3S. The average Bonchev–Trinajstić information content (AvgIpc) is 2.04. The molecule has 0 bridgehead atoms. The zero-order valence-corrected chi connectivity index (χ0v) is 11.3. The van der Waals surface area contributed by atoms with Crippen molar-refractivity contribution in [2.75, 3.05) is 0 Å². The van der Waals surface area contributed by atoms with Gasteiger partial charge in [0.1, 0.15) is 10.1 Å². The van der Waals surface area contributed by atoms with Crippen molar-refractivity contribution < 1.29 is 42.5 Å². The van der Waals surface area contributed by atoms with Gasteiger partial charge < -0.3 is 4.55 Å². The summed E-state index contributed by atoms with van der Waals surface area (Å²) in [7, 11) is -4.31. The molecule has 72 valence electrons. The Bertz CT molecular complexity index is 384. The Morgan fingerprint density at radius 2 is 1.57 bits per heavy atom. The molecule has 0 aliphatic carbocycles. The third kappa shape index (κ3) is 2.81. The van der Waals surface area contributed by atoms with Gasteiger partial charge in [-0.1, -0.05) is 30.3 Å². The zero-order valence-electron chi connectivity index (χ0n) is 8.52. The molecule has 14 heavy (non-hydrogen) atoms. The van der Waals surface area contributed by atoms with Gasteiger partial charge in [-0.3, -0.25) is 0 Å². The molecule has 0 aliphatic heterocycles. The van der Waals surface area contributed by atoms with Crippen molar-refractivity contribution in [3.8, 4) is 0 Å². The maximum absolute atomic E-state index is 10.9. The Balaban J connectivity index is 0.00000169. The largest absolute Gasteiger partial charge is 1.00 e. The van der Waals surface area contributed by atoms with Gasteiger partial charge in [0, 0.05) is 0 Å². The molecule has 1 rings (SSSR count). The minimum absolute atomic E-state index is 0. The second-order valence-electron chi connectivity index (χ2n) is 3.33. The van der Waals surface area contributed by atoms with E-state index in [1.54, 1.807) is 30.3 Å². The summed E-state index contributed by atoms with van der Waals surface area (Å²) in [5, 5.41) is 0. The van der Waals surface area contributed by atoms with E-state index >= 15 is 0 Å². The van der Waals surface area contributed by atoms with Crippen LogP contribution in [0.5, 0.6) is 0 Å². The fourth-order valence-corrected chi connectivity index (χ4v) is 1.41. The van der Waals surface area contributed by atoms with E-state index in [0.717, 1.165) is 0 Å². The van der Waals surface area contributed by atoms with Crippen LogP contribution in [0.2, 0.25) is 0 Å². The molecule has 3 nitrogen and oxygen atoms in total. The molecule has 0 aromatic heterocycles. The Morgan fingerprint density at radius 3 is 1.93 bits per heavy atom. The van der Waals surface area contributed by atoms with Gasteiger partial charge in [0.15, 0.2) is 0 Å². The molecule has 0 atom stereocenters. The minimum Gasteiger partial charge on any atom is -0.747 e. The fraction of sp³-hybridized carbons (Fsp3) is 0.333. The van der Waals surface area contributed by atoms with Crippen molar-refractivity contribution in [3.05, 3.63) is 35.9 Å². The molecule has 0 heterocycles. The van der Waals surface area contributed by atoms with E-state index in [0.29, 0.717) is 5.56 Å². The third-order valence-corrected chi connectivity index (χ3v) is 3.58. The molecule has 0 saturated heterocycles. The molecule has 0 aliphatic rings. The molecule has 0 amide bonds. The van der Waals surface area contributed by atoms with Gasteiger partial charge in [-0.15, -0.1) is 0 Å². The van der Waals surface area contributed by atoms with Crippen LogP contribution < -0.4 is 29.6 Å². The van der Waals surface area contributed by atoms with Crippen molar-refractivity contribution in [2.24, 2.45) is 0 Å². The van der Waals surface area contributed by atoms with Crippen molar-refractivity contribution >= 4 is 10.1 Å². The van der Waals surface area contributed by atoms with Crippen molar-refractivity contribution in [1.29, 1.82) is 0 Å². The number of benzene rings is 1. The van der Waals surface area contributed by atoms with Crippen LogP contribution in [-0.2, 0) is 14.9 Å². The topological polar surface area (TPSA) is 57.2 Å². The smallest absolute Gasteiger partial charge is 0.747 e. The maximum atomic E-state index is 10.9. The summed E-state index contributed by atoms with van der Waals surface area (Å²) in [5.41, 5.74) is 0.519. The predicted octanol–water partition coefficient (Wildman–Crippen LogP) is -1.53. The number of hydrogen-bond donors (Lipinski definition) is 0. The normalized spacial score (nSPS) is 11.9. The van der Waals surface area contributed by atoms with Crippen LogP contribution in [0.4, 0.5) is 0 Å². The van der Waals surface area contributed by atoms with Gasteiger partial charge in [0.05, 0.1) is 4.75 Å². The van der Waals surface area contributed by atoms with E-state index in [1.807, 2.05) is 0 Å². The summed E-state index contributed by atoms with van der Waals surface area (Å²) in [6.45, 7) is 2.81. The van der Waals surface area contributed by atoms with Crippen molar-refractivity contribution in [1.82, 2.24) is 0 Å². The van der Waals surface area contributed by atoms with Gasteiger partial charge in [0.25, 0.3) is 0 Å². The van der Waals surface area contributed by atoms with E-state index in [2.05, 4.69) is 0 Å². The van der Waals surface area contributed by atoms with Crippen LogP contribution in [0.3, 0.4) is 0 Å². The van der Waals surface area contributed by atoms with Crippen molar-refractivity contribution in [2.45, 2.75) is 18.6 Å². The van der Waals surface area contributed by atoms with Crippen LogP contribution in [0, 0.1) is 0 Å². The second kappa shape index (κ2) is 4.77. The molecule has 1 aromatic carbocycles. The Kier molecular flexibility index (Phi) is 4.81. The minimum atomic E-state index is -4.31. The molecule has 0 N–H and O–H groups in total. The van der Waals surface area contributed by atoms with Crippen molar-refractivity contribution in [3.63, 3.8) is 0 Å². The van der Waals surface area contributed by atoms with E-state index in [1.165, 1.54) is 13.8 Å². The first-order valence-electron chi connectivity index (χ1n) is 3.86. The Labute approximate surface area is 107 Å². The zero-order chi connectivity index (χ0) is 10.1. The average molecular weight is 222 g/mol. The molecule has 5 heteroatoms. The SMILES string of the molecule is CC(C)(c1ccccc1)S(=O)(=O)[O-].[Na+]. The van der Waals surface area contributed by atoms with Crippen LogP contribution >= 0.6 is 0 Å². The molecular weight excluding hydrogens is 211 g/mol. The summed E-state index contributed by atoms with van der Waals surface area (Å²) < 4.78 is 31.3. The van der Waals surface area contributed by atoms with Gasteiger partial charge in [-0.05, 0) is 19.4 Å². The first kappa shape index (κ1) is 14.1. The van der Waals surface area contributed by atoms with Gasteiger partial charge in [-0.25, -0.2) is 8.42 Å². The van der Waals surface area contributed by atoms with E-state index in [-0.39, 0.29) is 29.6 Å². The summed E-state index contributed by atoms with van der Waals surface area (Å²) in [6, 6.07) is 8.46. The van der Waals surface area contributed by atoms with Gasteiger partial charge in [0.2, 0.25) is 0 Å². The fourth-order valence-electron chi connectivity index (χ4n) is 0.984. The first-order valence-corrected chi connectivity index (χ1v) is 5.27. The van der Waals surface area contributed by atoms with Crippen LogP contribution in [0.25, 0.3) is 0 Å². The summed E-state index contributed by atoms with van der Waals surface area (Å²) in [4.78, 5) is 0. The number of rotatable bonds is 2. The standard InChI is InChI=1S/C9H12O3S.Na/c1-9(2,13(10,11)12)8-6-4-3-5-7-8;/h3-7H,1-2H3,(H,10,11,12);/q;+1/p-1. The van der Waals surface area contributed by atoms with Gasteiger partial charge >= 0.3 is 29.6 Å².